The number of nitrogens with one attached hydrogen (secondary N) is 2. The van der Waals surface area contributed by atoms with E-state index in [0.717, 1.165) is 63.9 Å². The number of methoxy groups -OCH3 is 2. The lowest BCUT2D eigenvalue weighted by Crippen LogP contribution is -2.55. The lowest BCUT2D eigenvalue weighted by atomic mass is 9.72. The molecule has 1 saturated heterocycles. The van der Waals surface area contributed by atoms with E-state index < -0.39 is 6.17 Å². The van der Waals surface area contributed by atoms with Crippen molar-refractivity contribution >= 4 is 0 Å². The fourth-order valence-electron chi connectivity index (χ4n) is 7.15. The second-order valence-corrected chi connectivity index (χ2v) is 11.8. The van der Waals surface area contributed by atoms with E-state index in [9.17, 15) is 9.50 Å². The van der Waals surface area contributed by atoms with Crippen LogP contribution in [0.3, 0.4) is 0 Å². The topological polar surface area (TPSA) is 80.6 Å². The standard InChI is InChI=1S/C28H49FN4O3/c1-18(22-12-25(35-3)14-26(13-22)36-4)31-15-24-9-20(16-33-8-7-30-19(33)2)10-28(32-24)21-5-6-27(29)23(11-21)17-34/h7-8,18,20-28,31-32,34H,5-6,9-17H2,1-4H3. The van der Waals surface area contributed by atoms with Crippen molar-refractivity contribution in [3.8, 4) is 0 Å². The molecule has 36 heavy (non-hydrogen) atoms. The van der Waals surface area contributed by atoms with Crippen LogP contribution in [0.25, 0.3) is 0 Å². The van der Waals surface area contributed by atoms with Gasteiger partial charge in [-0.05, 0) is 83.0 Å². The van der Waals surface area contributed by atoms with Crippen molar-refractivity contribution in [1.29, 1.82) is 0 Å². The Labute approximate surface area is 216 Å². The van der Waals surface area contributed by atoms with E-state index in [0.29, 0.717) is 42.3 Å². The number of halogens is 1. The van der Waals surface area contributed by atoms with E-state index in [-0.39, 0.29) is 24.7 Å². The molecule has 9 unspecified atom stereocenters. The lowest BCUT2D eigenvalue weighted by Gasteiger charge is -2.44. The van der Waals surface area contributed by atoms with Gasteiger partial charge in [0.2, 0.25) is 0 Å². The second-order valence-electron chi connectivity index (χ2n) is 11.8. The second kappa shape index (κ2) is 13.1. The number of aliphatic hydroxyl groups is 1. The number of imidazole rings is 1. The molecule has 0 aromatic carbocycles. The van der Waals surface area contributed by atoms with E-state index in [1.165, 1.54) is 0 Å². The van der Waals surface area contributed by atoms with Crippen LogP contribution in [-0.4, -0.2) is 78.5 Å². The minimum Gasteiger partial charge on any atom is -0.396 e. The molecule has 9 atom stereocenters. The monoisotopic (exact) mass is 508 g/mol. The first-order valence-electron chi connectivity index (χ1n) is 14.2. The minimum atomic E-state index is -0.861. The highest BCUT2D eigenvalue weighted by Gasteiger charge is 2.39. The highest BCUT2D eigenvalue weighted by atomic mass is 19.1. The number of nitrogens with zero attached hydrogens (tertiary/aromatic N) is 2. The van der Waals surface area contributed by atoms with E-state index >= 15 is 0 Å². The fraction of sp³-hybridized carbons (Fsp3) is 0.893. The fourth-order valence-corrected chi connectivity index (χ4v) is 7.15. The summed E-state index contributed by atoms with van der Waals surface area (Å²) < 4.78 is 28.0. The van der Waals surface area contributed by atoms with E-state index in [4.69, 9.17) is 9.47 Å². The van der Waals surface area contributed by atoms with Crippen LogP contribution in [0.2, 0.25) is 0 Å². The van der Waals surface area contributed by atoms with Crippen LogP contribution in [0.4, 0.5) is 4.39 Å². The summed E-state index contributed by atoms with van der Waals surface area (Å²) >= 11 is 0. The van der Waals surface area contributed by atoms with Crippen LogP contribution in [0, 0.1) is 30.6 Å². The van der Waals surface area contributed by atoms with Gasteiger partial charge in [-0.15, -0.1) is 0 Å². The van der Waals surface area contributed by atoms with Crippen molar-refractivity contribution in [2.24, 2.45) is 23.7 Å². The summed E-state index contributed by atoms with van der Waals surface area (Å²) in [6, 6.07) is 1.12. The van der Waals surface area contributed by atoms with Crippen LogP contribution in [-0.2, 0) is 16.0 Å². The number of piperidine rings is 1. The molecular formula is C28H49FN4O3. The molecule has 2 saturated carbocycles. The van der Waals surface area contributed by atoms with Gasteiger partial charge in [0.1, 0.15) is 12.0 Å². The third kappa shape index (κ3) is 7.07. The Bertz CT molecular complexity index is 783. The Morgan fingerprint density at radius 1 is 1.14 bits per heavy atom. The van der Waals surface area contributed by atoms with E-state index in [1.807, 2.05) is 20.4 Å². The molecule has 0 bridgehead atoms. The Kier molecular flexibility index (Phi) is 10.2. The average molecular weight is 509 g/mol. The van der Waals surface area contributed by atoms with Gasteiger partial charge in [0, 0.05) is 70.4 Å². The Morgan fingerprint density at radius 2 is 1.89 bits per heavy atom. The molecule has 1 aromatic heterocycles. The number of aromatic nitrogens is 2. The van der Waals surface area contributed by atoms with Gasteiger partial charge in [-0.3, -0.25) is 0 Å². The molecule has 2 aliphatic carbocycles. The molecule has 3 fully saturated rings. The van der Waals surface area contributed by atoms with Gasteiger partial charge in [-0.1, -0.05) is 0 Å². The number of hydrogen-bond acceptors (Lipinski definition) is 6. The van der Waals surface area contributed by atoms with E-state index in [2.05, 4.69) is 40.2 Å². The molecular weight excluding hydrogens is 459 g/mol. The molecule has 206 valence electrons. The highest BCUT2D eigenvalue weighted by molar-refractivity contribution is 4.96. The number of alkyl halides is 1. The highest BCUT2D eigenvalue weighted by Crippen LogP contribution is 2.37. The molecule has 8 heteroatoms. The maximum atomic E-state index is 14.3. The molecule has 0 spiro atoms. The zero-order chi connectivity index (χ0) is 25.7. The van der Waals surface area contributed by atoms with Crippen molar-refractivity contribution in [3.05, 3.63) is 18.2 Å². The maximum absolute atomic E-state index is 14.3. The van der Waals surface area contributed by atoms with Crippen LogP contribution in [0.1, 0.15) is 64.1 Å². The van der Waals surface area contributed by atoms with Gasteiger partial charge >= 0.3 is 0 Å². The van der Waals surface area contributed by atoms with Gasteiger partial charge in [0.25, 0.3) is 0 Å². The molecule has 7 nitrogen and oxygen atoms in total. The SMILES string of the molecule is COC1CC(OC)CC(C(C)NCC2CC(Cn3ccnc3C)CC(C3CCC(F)C(CO)C3)N2)C1. The van der Waals surface area contributed by atoms with Gasteiger partial charge in [0.15, 0.2) is 0 Å². The minimum absolute atomic E-state index is 0.0448. The lowest BCUT2D eigenvalue weighted by molar-refractivity contribution is -0.0353. The summed E-state index contributed by atoms with van der Waals surface area (Å²) in [6.07, 6.45) is 11.2. The Hall–Kier alpha value is -1.06. The summed E-state index contributed by atoms with van der Waals surface area (Å²) in [5, 5.41) is 17.6. The first-order chi connectivity index (χ1) is 17.4. The predicted molar refractivity (Wildman–Crippen MR) is 140 cm³/mol. The van der Waals surface area contributed by atoms with Gasteiger partial charge in [0.05, 0.1) is 12.2 Å². The van der Waals surface area contributed by atoms with Gasteiger partial charge in [-0.25, -0.2) is 9.37 Å². The molecule has 3 aliphatic rings. The van der Waals surface area contributed by atoms with Crippen molar-refractivity contribution in [2.75, 3.05) is 27.4 Å². The van der Waals surface area contributed by atoms with E-state index in [1.54, 1.807) is 0 Å². The normalized spacial score (nSPS) is 38.7. The first kappa shape index (κ1) is 28.0. The molecule has 0 amide bonds. The zero-order valence-electron chi connectivity index (χ0n) is 22.7. The number of ether oxygens (including phenoxy) is 2. The third-order valence-corrected chi connectivity index (χ3v) is 9.48. The molecule has 1 aromatic rings. The summed E-state index contributed by atoms with van der Waals surface area (Å²) in [6.45, 7) is 6.22. The maximum Gasteiger partial charge on any atom is 0.105 e. The summed E-state index contributed by atoms with van der Waals surface area (Å²) in [4.78, 5) is 4.42. The molecule has 1 aliphatic heterocycles. The summed E-state index contributed by atoms with van der Waals surface area (Å²) in [5.74, 6) is 2.34. The third-order valence-electron chi connectivity index (χ3n) is 9.48. The summed E-state index contributed by atoms with van der Waals surface area (Å²) in [7, 11) is 3.62. The van der Waals surface area contributed by atoms with Crippen molar-refractivity contribution < 1.29 is 19.0 Å². The van der Waals surface area contributed by atoms with Crippen LogP contribution >= 0.6 is 0 Å². The summed E-state index contributed by atoms with van der Waals surface area (Å²) in [5.41, 5.74) is 0. The van der Waals surface area contributed by atoms with Gasteiger partial charge in [-0.2, -0.15) is 0 Å². The number of rotatable bonds is 10. The van der Waals surface area contributed by atoms with Crippen molar-refractivity contribution in [1.82, 2.24) is 20.2 Å². The molecule has 0 radical (unpaired) electrons. The molecule has 4 rings (SSSR count). The average Bonchev–Trinajstić information content (AvgIpc) is 3.30. The Balaban J connectivity index is 1.39. The predicted octanol–water partition coefficient (Wildman–Crippen LogP) is 3.48. The quantitative estimate of drug-likeness (QED) is 0.449. The largest absolute Gasteiger partial charge is 0.396 e. The molecule has 2 heterocycles. The first-order valence-corrected chi connectivity index (χ1v) is 14.2. The number of aliphatic hydroxyl groups excluding tert-OH is 1. The number of aryl methyl sites for hydroxylation is 1. The van der Waals surface area contributed by atoms with Crippen molar-refractivity contribution in [2.45, 2.75) is 108 Å². The van der Waals surface area contributed by atoms with Crippen LogP contribution < -0.4 is 10.6 Å². The number of hydrogen-bond donors (Lipinski definition) is 3. The molecule has 3 N–H and O–H groups in total. The van der Waals surface area contributed by atoms with Crippen molar-refractivity contribution in [3.63, 3.8) is 0 Å². The zero-order valence-corrected chi connectivity index (χ0v) is 22.7. The van der Waals surface area contributed by atoms with Crippen LogP contribution in [0.15, 0.2) is 12.4 Å². The van der Waals surface area contributed by atoms with Crippen LogP contribution in [0.5, 0.6) is 0 Å². The smallest absolute Gasteiger partial charge is 0.105 e. The Morgan fingerprint density at radius 3 is 2.53 bits per heavy atom. The van der Waals surface area contributed by atoms with Gasteiger partial charge < -0.3 is 29.8 Å².